The standard InChI is InChI=1S/C19H24N6/c1-15-21-22-19-8-7-18(23-25(15)19)20-13-17-10-12-24(14-17)11-9-16-5-3-2-4-6-16/h2-8,17H,9-14H2,1H3,(H,20,23)/t17-/m0/s1. The largest absolute Gasteiger partial charge is 0.368 e. The van der Waals surface area contributed by atoms with E-state index < -0.39 is 0 Å². The van der Waals surface area contributed by atoms with Crippen LogP contribution in [-0.2, 0) is 6.42 Å². The van der Waals surface area contributed by atoms with E-state index in [4.69, 9.17) is 0 Å². The van der Waals surface area contributed by atoms with E-state index >= 15 is 0 Å². The Bertz CT molecular complexity index is 828. The molecule has 1 saturated heterocycles. The van der Waals surface area contributed by atoms with Crippen molar-refractivity contribution >= 4 is 11.5 Å². The van der Waals surface area contributed by atoms with Crippen LogP contribution in [0.4, 0.5) is 5.82 Å². The van der Waals surface area contributed by atoms with Gasteiger partial charge in [0, 0.05) is 19.6 Å². The normalized spacial score (nSPS) is 18.0. The van der Waals surface area contributed by atoms with Crippen LogP contribution in [0, 0.1) is 12.8 Å². The van der Waals surface area contributed by atoms with Crippen molar-refractivity contribution in [1.82, 2.24) is 24.7 Å². The van der Waals surface area contributed by atoms with Crippen LogP contribution in [-0.4, -0.2) is 50.9 Å². The average molecular weight is 336 g/mol. The maximum Gasteiger partial charge on any atom is 0.178 e. The molecule has 2 aromatic heterocycles. The smallest absolute Gasteiger partial charge is 0.178 e. The Balaban J connectivity index is 1.26. The van der Waals surface area contributed by atoms with Crippen LogP contribution in [0.2, 0.25) is 0 Å². The van der Waals surface area contributed by atoms with E-state index in [2.05, 4.69) is 55.8 Å². The highest BCUT2D eigenvalue weighted by atomic mass is 15.4. The van der Waals surface area contributed by atoms with Gasteiger partial charge in [-0.3, -0.25) is 0 Å². The molecule has 0 bridgehead atoms. The first-order chi connectivity index (χ1) is 12.3. The van der Waals surface area contributed by atoms with E-state index in [9.17, 15) is 0 Å². The van der Waals surface area contributed by atoms with Crippen molar-refractivity contribution in [3.8, 4) is 0 Å². The van der Waals surface area contributed by atoms with E-state index in [0.717, 1.165) is 43.3 Å². The molecule has 0 saturated carbocycles. The fraction of sp³-hybridized carbons (Fsp3) is 0.421. The summed E-state index contributed by atoms with van der Waals surface area (Å²) in [6.07, 6.45) is 2.38. The number of fused-ring (bicyclic) bond motifs is 1. The maximum atomic E-state index is 4.56. The molecule has 130 valence electrons. The van der Waals surface area contributed by atoms with E-state index in [1.807, 2.05) is 19.1 Å². The molecule has 1 aliphatic rings. The lowest BCUT2D eigenvalue weighted by Crippen LogP contribution is -2.25. The highest BCUT2D eigenvalue weighted by Crippen LogP contribution is 2.17. The molecule has 3 aromatic rings. The van der Waals surface area contributed by atoms with E-state index in [0.29, 0.717) is 5.92 Å². The Morgan fingerprint density at radius 2 is 2.00 bits per heavy atom. The van der Waals surface area contributed by atoms with Crippen molar-refractivity contribution in [3.05, 3.63) is 53.9 Å². The fourth-order valence-corrected chi connectivity index (χ4v) is 3.45. The molecule has 1 atom stereocenters. The molecule has 1 aliphatic heterocycles. The summed E-state index contributed by atoms with van der Waals surface area (Å²) in [4.78, 5) is 2.57. The molecular weight excluding hydrogens is 312 g/mol. The first kappa shape index (κ1) is 16.0. The summed E-state index contributed by atoms with van der Waals surface area (Å²) in [6, 6.07) is 14.7. The minimum Gasteiger partial charge on any atom is -0.368 e. The summed E-state index contributed by atoms with van der Waals surface area (Å²) in [5, 5.41) is 16.1. The summed E-state index contributed by atoms with van der Waals surface area (Å²) >= 11 is 0. The third-order valence-corrected chi connectivity index (χ3v) is 4.92. The molecule has 0 aliphatic carbocycles. The van der Waals surface area contributed by atoms with Crippen LogP contribution in [0.5, 0.6) is 0 Å². The molecule has 3 heterocycles. The predicted octanol–water partition coefficient (Wildman–Crippen LogP) is 2.41. The van der Waals surface area contributed by atoms with Crippen LogP contribution in [0.1, 0.15) is 17.8 Å². The molecule has 6 nitrogen and oxygen atoms in total. The molecule has 1 aromatic carbocycles. The van der Waals surface area contributed by atoms with E-state index in [-0.39, 0.29) is 0 Å². The van der Waals surface area contributed by atoms with Crippen LogP contribution in [0.25, 0.3) is 5.65 Å². The molecule has 0 unspecified atom stereocenters. The quantitative estimate of drug-likeness (QED) is 0.749. The summed E-state index contributed by atoms with van der Waals surface area (Å²) in [5.74, 6) is 2.38. The zero-order valence-electron chi connectivity index (χ0n) is 14.6. The first-order valence-corrected chi connectivity index (χ1v) is 8.97. The molecule has 25 heavy (non-hydrogen) atoms. The molecule has 6 heteroatoms. The van der Waals surface area contributed by atoms with E-state index in [1.54, 1.807) is 4.52 Å². The third-order valence-electron chi connectivity index (χ3n) is 4.92. The van der Waals surface area contributed by atoms with Gasteiger partial charge in [0.2, 0.25) is 0 Å². The molecule has 1 fully saturated rings. The second-order valence-electron chi connectivity index (χ2n) is 6.81. The van der Waals surface area contributed by atoms with Gasteiger partial charge in [-0.2, -0.15) is 4.52 Å². The van der Waals surface area contributed by atoms with Crippen LogP contribution >= 0.6 is 0 Å². The lowest BCUT2D eigenvalue weighted by atomic mass is 10.1. The Hall–Kier alpha value is -2.47. The average Bonchev–Trinajstić information content (AvgIpc) is 3.26. The summed E-state index contributed by atoms with van der Waals surface area (Å²) in [5.41, 5.74) is 2.21. The number of likely N-dealkylation sites (tertiary alicyclic amines) is 1. The third kappa shape index (κ3) is 3.79. The van der Waals surface area contributed by atoms with Gasteiger partial charge in [-0.05, 0) is 49.9 Å². The maximum absolute atomic E-state index is 4.56. The van der Waals surface area contributed by atoms with Crippen molar-refractivity contribution < 1.29 is 0 Å². The lowest BCUT2D eigenvalue weighted by Gasteiger charge is -2.16. The highest BCUT2D eigenvalue weighted by molar-refractivity contribution is 5.43. The second kappa shape index (κ2) is 7.19. The lowest BCUT2D eigenvalue weighted by molar-refractivity contribution is 0.330. The van der Waals surface area contributed by atoms with Gasteiger partial charge in [-0.1, -0.05) is 30.3 Å². The fourth-order valence-electron chi connectivity index (χ4n) is 3.45. The number of anilines is 1. The zero-order valence-corrected chi connectivity index (χ0v) is 14.6. The Morgan fingerprint density at radius 3 is 2.88 bits per heavy atom. The molecule has 4 rings (SSSR count). The highest BCUT2D eigenvalue weighted by Gasteiger charge is 2.22. The molecule has 1 N–H and O–H groups in total. The monoisotopic (exact) mass is 336 g/mol. The molecule has 0 spiro atoms. The van der Waals surface area contributed by atoms with Gasteiger partial charge in [-0.15, -0.1) is 15.3 Å². The molecule has 0 radical (unpaired) electrons. The molecule has 0 amide bonds. The Labute approximate surface area is 147 Å². The van der Waals surface area contributed by atoms with Crippen LogP contribution in [0.15, 0.2) is 42.5 Å². The molecular formula is C19H24N6. The number of rotatable bonds is 6. The minimum atomic E-state index is 0.676. The summed E-state index contributed by atoms with van der Waals surface area (Å²) in [6.45, 7) is 6.37. The van der Waals surface area contributed by atoms with E-state index in [1.165, 1.54) is 18.5 Å². The number of nitrogens with zero attached hydrogens (tertiary/aromatic N) is 5. The number of aromatic nitrogens is 4. The van der Waals surface area contributed by atoms with Gasteiger partial charge < -0.3 is 10.2 Å². The minimum absolute atomic E-state index is 0.676. The van der Waals surface area contributed by atoms with Crippen LogP contribution in [0.3, 0.4) is 0 Å². The van der Waals surface area contributed by atoms with Gasteiger partial charge >= 0.3 is 0 Å². The van der Waals surface area contributed by atoms with Crippen molar-refractivity contribution in [2.24, 2.45) is 5.92 Å². The van der Waals surface area contributed by atoms with Crippen LogP contribution < -0.4 is 5.32 Å². The SMILES string of the molecule is Cc1nnc2ccc(NC[C@@H]3CCN(CCc4ccccc4)C3)nn12. The van der Waals surface area contributed by atoms with Crippen molar-refractivity contribution in [3.63, 3.8) is 0 Å². The van der Waals surface area contributed by atoms with Crippen molar-refractivity contribution in [2.75, 3.05) is 31.5 Å². The number of hydrogen-bond acceptors (Lipinski definition) is 5. The second-order valence-corrected chi connectivity index (χ2v) is 6.81. The van der Waals surface area contributed by atoms with Gasteiger partial charge in [0.25, 0.3) is 0 Å². The first-order valence-electron chi connectivity index (χ1n) is 8.97. The number of benzene rings is 1. The van der Waals surface area contributed by atoms with Gasteiger partial charge in [0.05, 0.1) is 0 Å². The van der Waals surface area contributed by atoms with Gasteiger partial charge in [0.1, 0.15) is 5.82 Å². The topological polar surface area (TPSA) is 58.4 Å². The Kier molecular flexibility index (Phi) is 4.61. The number of aryl methyl sites for hydroxylation is 1. The van der Waals surface area contributed by atoms with Gasteiger partial charge in [-0.25, -0.2) is 0 Å². The predicted molar refractivity (Wildman–Crippen MR) is 98.7 cm³/mol. The zero-order chi connectivity index (χ0) is 17.1. The van der Waals surface area contributed by atoms with Gasteiger partial charge in [0.15, 0.2) is 11.5 Å². The summed E-state index contributed by atoms with van der Waals surface area (Å²) < 4.78 is 1.78. The number of hydrogen-bond donors (Lipinski definition) is 1. The van der Waals surface area contributed by atoms with Crippen molar-refractivity contribution in [1.29, 1.82) is 0 Å². The Morgan fingerprint density at radius 1 is 1.12 bits per heavy atom. The number of nitrogens with one attached hydrogen (secondary N) is 1. The van der Waals surface area contributed by atoms with Crippen molar-refractivity contribution in [2.45, 2.75) is 19.8 Å². The summed E-state index contributed by atoms with van der Waals surface area (Å²) in [7, 11) is 0.